The number of hydrogen-bond acceptors (Lipinski definition) is 6. The maximum absolute atomic E-state index is 13.1. The van der Waals surface area contributed by atoms with Gasteiger partial charge in [-0.1, -0.05) is 12.1 Å². The van der Waals surface area contributed by atoms with E-state index in [1.807, 2.05) is 0 Å². The Labute approximate surface area is 131 Å². The molecule has 0 N–H and O–H groups in total. The summed E-state index contributed by atoms with van der Waals surface area (Å²) in [6, 6.07) is 8.01. The van der Waals surface area contributed by atoms with Crippen LogP contribution in [0.5, 0.6) is 0 Å². The topological polar surface area (TPSA) is 100 Å². The van der Waals surface area contributed by atoms with Gasteiger partial charge in [0.2, 0.25) is 0 Å². The average Bonchev–Trinajstić information content (AvgIpc) is 2.58. The molecule has 0 saturated heterocycles. The van der Waals surface area contributed by atoms with E-state index in [1.165, 1.54) is 12.1 Å². The molecule has 7 heteroatoms. The van der Waals surface area contributed by atoms with E-state index in [2.05, 4.69) is 9.47 Å². The third-order valence-corrected chi connectivity index (χ3v) is 2.74. The predicted octanol–water partition coefficient (Wildman–Crippen LogP) is 1.90. The van der Waals surface area contributed by atoms with Crippen molar-refractivity contribution in [3.63, 3.8) is 0 Å². The zero-order chi connectivity index (χ0) is 17.4. The van der Waals surface area contributed by atoms with Crippen LogP contribution in [-0.2, 0) is 19.1 Å². The van der Waals surface area contributed by atoms with Gasteiger partial charge in [-0.2, -0.15) is 10.5 Å². The van der Waals surface area contributed by atoms with Crippen molar-refractivity contribution in [2.24, 2.45) is 0 Å². The molecular weight excluding hydrogens is 303 g/mol. The molecular formula is C16H11FN2O4. The Kier molecular flexibility index (Phi) is 6.20. The first-order valence-corrected chi connectivity index (χ1v) is 6.17. The number of nitriles is 2. The van der Waals surface area contributed by atoms with Crippen LogP contribution < -0.4 is 0 Å². The van der Waals surface area contributed by atoms with Crippen molar-refractivity contribution in [3.05, 3.63) is 52.9 Å². The zero-order valence-corrected chi connectivity index (χ0v) is 12.3. The van der Waals surface area contributed by atoms with E-state index in [1.54, 1.807) is 12.1 Å². The number of esters is 2. The second-order valence-electron chi connectivity index (χ2n) is 4.05. The average molecular weight is 314 g/mol. The first-order chi connectivity index (χ1) is 11.0. The molecule has 0 spiro atoms. The quantitative estimate of drug-likeness (QED) is 0.364. The highest BCUT2D eigenvalue weighted by Gasteiger charge is 2.23. The van der Waals surface area contributed by atoms with Gasteiger partial charge in [0.25, 0.3) is 0 Å². The Morgan fingerprint density at radius 3 is 2.09 bits per heavy atom. The maximum atomic E-state index is 13.1. The van der Waals surface area contributed by atoms with Crippen molar-refractivity contribution in [2.45, 2.75) is 0 Å². The Hall–Kier alpha value is -3.45. The standard InChI is InChI=1S/C16H11FN2O4/c1-22-14(20)7-13(16(21)23-2)15(11(8-18)9-19)10-3-5-12(17)6-4-10/h3-7H,1-2H3/b13-7+. The van der Waals surface area contributed by atoms with Crippen molar-refractivity contribution in [2.75, 3.05) is 14.2 Å². The summed E-state index contributed by atoms with van der Waals surface area (Å²) in [5.74, 6) is -2.36. The molecule has 0 aromatic heterocycles. The smallest absolute Gasteiger partial charge is 0.338 e. The minimum absolute atomic E-state index is 0.146. The second kappa shape index (κ2) is 8.11. The summed E-state index contributed by atoms with van der Waals surface area (Å²) in [5.41, 5.74) is -0.724. The van der Waals surface area contributed by atoms with E-state index in [0.717, 1.165) is 32.4 Å². The summed E-state index contributed by atoms with van der Waals surface area (Å²) in [6.45, 7) is 0. The fourth-order valence-corrected chi connectivity index (χ4v) is 1.71. The molecule has 1 aromatic rings. The molecule has 0 amide bonds. The molecule has 0 aliphatic rings. The highest BCUT2D eigenvalue weighted by molar-refractivity contribution is 6.11. The highest BCUT2D eigenvalue weighted by atomic mass is 19.1. The summed E-state index contributed by atoms with van der Waals surface area (Å²) >= 11 is 0. The van der Waals surface area contributed by atoms with Crippen molar-refractivity contribution >= 4 is 17.5 Å². The molecule has 0 aliphatic carbocycles. The van der Waals surface area contributed by atoms with Gasteiger partial charge in [0.15, 0.2) is 0 Å². The monoisotopic (exact) mass is 314 g/mol. The van der Waals surface area contributed by atoms with Gasteiger partial charge in [0.1, 0.15) is 23.5 Å². The minimum Gasteiger partial charge on any atom is -0.466 e. The van der Waals surface area contributed by atoms with Gasteiger partial charge >= 0.3 is 11.9 Å². The normalized spacial score (nSPS) is 10.0. The van der Waals surface area contributed by atoms with E-state index >= 15 is 0 Å². The zero-order valence-electron chi connectivity index (χ0n) is 12.3. The molecule has 0 heterocycles. The predicted molar refractivity (Wildman–Crippen MR) is 76.7 cm³/mol. The molecule has 0 saturated carbocycles. The van der Waals surface area contributed by atoms with E-state index in [4.69, 9.17) is 10.5 Å². The Bertz CT molecular complexity index is 749. The first-order valence-electron chi connectivity index (χ1n) is 6.17. The minimum atomic E-state index is -0.947. The molecule has 0 atom stereocenters. The largest absolute Gasteiger partial charge is 0.466 e. The maximum Gasteiger partial charge on any atom is 0.338 e. The van der Waals surface area contributed by atoms with Gasteiger partial charge in [-0.3, -0.25) is 0 Å². The van der Waals surface area contributed by atoms with Gasteiger partial charge in [0.05, 0.1) is 19.8 Å². The van der Waals surface area contributed by atoms with E-state index in [0.29, 0.717) is 0 Å². The second-order valence-corrected chi connectivity index (χ2v) is 4.05. The number of carbonyl (C=O) groups is 2. The lowest BCUT2D eigenvalue weighted by Gasteiger charge is -2.11. The van der Waals surface area contributed by atoms with Crippen LogP contribution in [0, 0.1) is 28.5 Å². The van der Waals surface area contributed by atoms with Crippen LogP contribution in [0.4, 0.5) is 4.39 Å². The fourth-order valence-electron chi connectivity index (χ4n) is 1.71. The summed E-state index contributed by atoms with van der Waals surface area (Å²) in [4.78, 5) is 23.4. The highest BCUT2D eigenvalue weighted by Crippen LogP contribution is 2.28. The van der Waals surface area contributed by atoms with E-state index in [-0.39, 0.29) is 16.7 Å². The van der Waals surface area contributed by atoms with Crippen molar-refractivity contribution < 1.29 is 23.5 Å². The third kappa shape index (κ3) is 4.26. The van der Waals surface area contributed by atoms with Gasteiger partial charge < -0.3 is 9.47 Å². The van der Waals surface area contributed by atoms with Crippen LogP contribution in [0.3, 0.4) is 0 Å². The third-order valence-electron chi connectivity index (χ3n) is 2.74. The number of methoxy groups -OCH3 is 2. The summed E-state index contributed by atoms with van der Waals surface area (Å²) in [5, 5.41) is 18.2. The Morgan fingerprint density at radius 2 is 1.65 bits per heavy atom. The molecule has 116 valence electrons. The van der Waals surface area contributed by atoms with Gasteiger partial charge in [-0.05, 0) is 17.7 Å². The van der Waals surface area contributed by atoms with Gasteiger partial charge in [0, 0.05) is 11.6 Å². The van der Waals surface area contributed by atoms with E-state index < -0.39 is 23.3 Å². The molecule has 23 heavy (non-hydrogen) atoms. The lowest BCUT2D eigenvalue weighted by Crippen LogP contribution is -2.11. The lowest BCUT2D eigenvalue weighted by molar-refractivity contribution is -0.138. The van der Waals surface area contributed by atoms with Gasteiger partial charge in [-0.15, -0.1) is 0 Å². The van der Waals surface area contributed by atoms with Crippen LogP contribution in [-0.4, -0.2) is 26.2 Å². The van der Waals surface area contributed by atoms with Crippen LogP contribution in [0.15, 0.2) is 41.5 Å². The van der Waals surface area contributed by atoms with Crippen LogP contribution >= 0.6 is 0 Å². The first kappa shape index (κ1) is 17.6. The molecule has 6 nitrogen and oxygen atoms in total. The number of nitrogens with zero attached hydrogens (tertiary/aromatic N) is 2. The summed E-state index contributed by atoms with van der Waals surface area (Å²) in [7, 11) is 2.18. The lowest BCUT2D eigenvalue weighted by atomic mass is 9.93. The molecule has 0 radical (unpaired) electrons. The van der Waals surface area contributed by atoms with Crippen LogP contribution in [0.1, 0.15) is 5.56 Å². The number of ether oxygens (including phenoxy) is 2. The number of rotatable bonds is 4. The Balaban J connectivity index is 3.71. The molecule has 1 rings (SSSR count). The number of benzene rings is 1. The summed E-state index contributed by atoms with van der Waals surface area (Å²) < 4.78 is 22.1. The molecule has 0 fully saturated rings. The van der Waals surface area contributed by atoms with Crippen molar-refractivity contribution in [1.29, 1.82) is 10.5 Å². The molecule has 0 unspecified atom stereocenters. The molecule has 0 aliphatic heterocycles. The number of hydrogen-bond donors (Lipinski definition) is 0. The van der Waals surface area contributed by atoms with Crippen LogP contribution in [0.25, 0.3) is 5.57 Å². The fraction of sp³-hybridized carbons (Fsp3) is 0.125. The summed E-state index contributed by atoms with van der Waals surface area (Å²) in [6.07, 6.45) is 0.805. The molecule has 0 bridgehead atoms. The number of allylic oxidation sites excluding steroid dienone is 1. The number of carbonyl (C=O) groups excluding carboxylic acids is 2. The van der Waals surface area contributed by atoms with Crippen LogP contribution in [0.2, 0.25) is 0 Å². The van der Waals surface area contributed by atoms with E-state index in [9.17, 15) is 14.0 Å². The SMILES string of the molecule is COC(=O)/C=C(/C(=O)OC)C(=C(C#N)C#N)c1ccc(F)cc1. The van der Waals surface area contributed by atoms with Crippen molar-refractivity contribution in [1.82, 2.24) is 0 Å². The number of halogens is 1. The Morgan fingerprint density at radius 1 is 1.09 bits per heavy atom. The van der Waals surface area contributed by atoms with Gasteiger partial charge in [-0.25, -0.2) is 14.0 Å². The molecule has 1 aromatic carbocycles. The van der Waals surface area contributed by atoms with Crippen molar-refractivity contribution in [3.8, 4) is 12.1 Å².